The van der Waals surface area contributed by atoms with Crippen LogP contribution in [0.4, 0.5) is 0 Å². The smallest absolute Gasteiger partial charge is 0.126 e. The zero-order valence-corrected chi connectivity index (χ0v) is 18.6. The van der Waals surface area contributed by atoms with Gasteiger partial charge >= 0.3 is 0 Å². The maximum absolute atomic E-state index is 10.7. The molecule has 166 valence electrons. The van der Waals surface area contributed by atoms with Crippen LogP contribution in [-0.2, 0) is 10.2 Å². The lowest BCUT2D eigenvalue weighted by molar-refractivity contribution is -0.180. The molecule has 0 saturated carbocycles. The van der Waals surface area contributed by atoms with E-state index in [9.17, 15) is 20.4 Å². The minimum atomic E-state index is -1.22. The number of phenolic OH excluding ortho intramolecular Hbond substituents is 1. The molecule has 31 heavy (non-hydrogen) atoms. The van der Waals surface area contributed by atoms with Gasteiger partial charge in [0.2, 0.25) is 0 Å². The fourth-order valence-corrected chi connectivity index (χ4v) is 5.40. The van der Waals surface area contributed by atoms with Crippen molar-refractivity contribution >= 4 is 21.4 Å². The number of aliphatic hydroxyl groups is 3. The Kier molecular flexibility index (Phi) is 5.98. The highest BCUT2D eigenvalue weighted by atomic mass is 32.1. The van der Waals surface area contributed by atoms with E-state index in [1.165, 1.54) is 10.8 Å². The van der Waals surface area contributed by atoms with Crippen molar-refractivity contribution in [1.82, 2.24) is 0 Å². The van der Waals surface area contributed by atoms with Gasteiger partial charge in [-0.1, -0.05) is 32.0 Å². The zero-order valence-electron chi connectivity index (χ0n) is 17.8. The molecule has 4 atom stereocenters. The third kappa shape index (κ3) is 3.92. The van der Waals surface area contributed by atoms with Gasteiger partial charge in [0.25, 0.3) is 0 Å². The molecule has 4 N–H and O–H groups in total. The molecule has 1 aromatic heterocycles. The highest BCUT2D eigenvalue weighted by molar-refractivity contribution is 7.19. The summed E-state index contributed by atoms with van der Waals surface area (Å²) < 4.78 is 12.6. The highest BCUT2D eigenvalue weighted by Gasteiger charge is 2.40. The van der Waals surface area contributed by atoms with Crippen LogP contribution in [0.5, 0.6) is 11.5 Å². The van der Waals surface area contributed by atoms with Gasteiger partial charge in [-0.2, -0.15) is 0 Å². The molecule has 1 aliphatic heterocycles. The number of phenols is 1. The Labute approximate surface area is 185 Å². The number of hydrogen-bond acceptors (Lipinski definition) is 7. The number of methoxy groups -OCH3 is 1. The monoisotopic (exact) mass is 444 g/mol. The molecule has 2 aromatic carbocycles. The summed E-state index contributed by atoms with van der Waals surface area (Å²) in [7, 11) is 1.55. The third-order valence-electron chi connectivity index (χ3n) is 6.12. The molecule has 3 aromatic rings. The topological polar surface area (TPSA) is 99.4 Å². The van der Waals surface area contributed by atoms with Crippen molar-refractivity contribution in [3.63, 3.8) is 0 Å². The summed E-state index contributed by atoms with van der Waals surface area (Å²) in [6.45, 7) is 3.89. The molecule has 2 heterocycles. The number of ether oxygens (including phenoxy) is 2. The summed E-state index contributed by atoms with van der Waals surface area (Å²) in [5.41, 5.74) is 0.715. The van der Waals surface area contributed by atoms with Gasteiger partial charge in [-0.15, -0.1) is 11.3 Å². The predicted octanol–water partition coefficient (Wildman–Crippen LogP) is 3.49. The first-order chi connectivity index (χ1) is 14.8. The average Bonchev–Trinajstić information content (AvgIpc) is 3.20. The zero-order chi connectivity index (χ0) is 22.3. The van der Waals surface area contributed by atoms with Crippen molar-refractivity contribution in [3.05, 3.63) is 58.5 Å². The predicted molar refractivity (Wildman–Crippen MR) is 120 cm³/mol. The van der Waals surface area contributed by atoms with E-state index in [0.29, 0.717) is 11.3 Å². The van der Waals surface area contributed by atoms with E-state index in [-0.39, 0.29) is 18.8 Å². The first kappa shape index (κ1) is 22.0. The molecule has 7 heteroatoms. The summed E-state index contributed by atoms with van der Waals surface area (Å²) in [5, 5.41) is 42.2. The number of benzene rings is 2. The van der Waals surface area contributed by atoms with Crippen LogP contribution in [0.2, 0.25) is 0 Å². The molecule has 1 fully saturated rings. The van der Waals surface area contributed by atoms with Crippen LogP contribution in [0.3, 0.4) is 0 Å². The van der Waals surface area contributed by atoms with E-state index in [4.69, 9.17) is 9.47 Å². The minimum absolute atomic E-state index is 0.0948. The summed E-state index contributed by atoms with van der Waals surface area (Å²) in [5.74, 6) is 0.427. The summed E-state index contributed by atoms with van der Waals surface area (Å²) >= 11 is 1.70. The van der Waals surface area contributed by atoms with Gasteiger partial charge in [0.15, 0.2) is 0 Å². The van der Waals surface area contributed by atoms with Crippen molar-refractivity contribution in [2.45, 2.75) is 50.1 Å². The Morgan fingerprint density at radius 2 is 1.90 bits per heavy atom. The molecule has 0 spiro atoms. The lowest BCUT2D eigenvalue weighted by Crippen LogP contribution is -2.44. The molecule has 6 nitrogen and oxygen atoms in total. The second kappa shape index (κ2) is 8.41. The minimum Gasteiger partial charge on any atom is -0.507 e. The lowest BCUT2D eigenvalue weighted by Gasteiger charge is -2.37. The fraction of sp³-hybridized carbons (Fsp3) is 0.417. The Bertz CT molecular complexity index is 1040. The van der Waals surface area contributed by atoms with Gasteiger partial charge in [0.05, 0.1) is 25.9 Å². The van der Waals surface area contributed by atoms with Gasteiger partial charge in [-0.3, -0.25) is 0 Å². The van der Waals surface area contributed by atoms with Crippen molar-refractivity contribution < 1.29 is 29.9 Å². The second-order valence-electron chi connectivity index (χ2n) is 8.54. The summed E-state index contributed by atoms with van der Waals surface area (Å²) in [4.78, 5) is 1.13. The van der Waals surface area contributed by atoms with Crippen LogP contribution in [-0.4, -0.2) is 52.5 Å². The Morgan fingerprint density at radius 3 is 2.58 bits per heavy atom. The van der Waals surface area contributed by atoms with Gasteiger partial charge in [-0.25, -0.2) is 0 Å². The van der Waals surface area contributed by atoms with Gasteiger partial charge in [-0.05, 0) is 23.6 Å². The quantitative estimate of drug-likeness (QED) is 0.481. The Balaban J connectivity index is 1.82. The van der Waals surface area contributed by atoms with Crippen molar-refractivity contribution in [2.75, 3.05) is 13.7 Å². The second-order valence-corrected chi connectivity index (χ2v) is 9.62. The molecule has 4 rings (SSSR count). The molecule has 0 unspecified atom stereocenters. The molecular formula is C24H28O6S. The standard InChI is InChI=1S/C24H28O6S/c1-24(2,21-8-13-6-4-5-7-20(13)31-21)16-10-15(17(26)11-19(16)29-3)23-22(28)18(27)9-14(12-25)30-23/h4-8,10-11,14,18,22-23,25-28H,9,12H2,1-3H3/t14-,18-,22+,23-/m0/s1. The molecule has 0 bridgehead atoms. The van der Waals surface area contributed by atoms with E-state index in [2.05, 4.69) is 32.0 Å². The molecule has 1 aliphatic rings. The lowest BCUT2D eigenvalue weighted by atomic mass is 9.80. The highest BCUT2D eigenvalue weighted by Crippen LogP contribution is 2.46. The first-order valence-electron chi connectivity index (χ1n) is 10.3. The maximum atomic E-state index is 10.7. The molecular weight excluding hydrogens is 416 g/mol. The number of hydrogen-bond donors (Lipinski definition) is 4. The van der Waals surface area contributed by atoms with Crippen LogP contribution >= 0.6 is 11.3 Å². The van der Waals surface area contributed by atoms with Gasteiger partial charge in [0.1, 0.15) is 23.7 Å². The SMILES string of the molecule is COc1cc(O)c([C@@H]2O[C@H](CO)C[C@H](O)[C@H]2O)cc1C(C)(C)c1cc2ccccc2s1. The number of aromatic hydroxyl groups is 1. The van der Waals surface area contributed by atoms with E-state index in [1.54, 1.807) is 24.5 Å². The maximum Gasteiger partial charge on any atom is 0.126 e. The number of aliphatic hydroxyl groups excluding tert-OH is 3. The third-order valence-corrected chi connectivity index (χ3v) is 7.56. The van der Waals surface area contributed by atoms with Crippen molar-refractivity contribution in [1.29, 1.82) is 0 Å². The Morgan fingerprint density at radius 1 is 1.16 bits per heavy atom. The molecule has 1 saturated heterocycles. The van der Waals surface area contributed by atoms with Crippen LogP contribution < -0.4 is 4.74 Å². The normalized spacial score (nSPS) is 24.5. The number of thiophene rings is 1. The van der Waals surface area contributed by atoms with Crippen LogP contribution in [0.1, 0.15) is 42.4 Å². The largest absolute Gasteiger partial charge is 0.507 e. The van der Waals surface area contributed by atoms with Gasteiger partial charge in [0, 0.05) is 38.6 Å². The Hall–Kier alpha value is -2.16. The van der Waals surface area contributed by atoms with Gasteiger partial charge < -0.3 is 29.9 Å². The molecule has 0 radical (unpaired) electrons. The summed E-state index contributed by atoms with van der Waals surface area (Å²) in [6.07, 6.45) is -3.74. The number of rotatable bonds is 5. The van der Waals surface area contributed by atoms with E-state index in [0.717, 1.165) is 15.8 Å². The average molecular weight is 445 g/mol. The summed E-state index contributed by atoms with van der Waals surface area (Å²) in [6, 6.07) is 13.6. The molecule has 0 amide bonds. The fourth-order valence-electron chi connectivity index (χ4n) is 4.22. The van der Waals surface area contributed by atoms with Crippen molar-refractivity contribution in [2.24, 2.45) is 0 Å². The molecule has 0 aliphatic carbocycles. The van der Waals surface area contributed by atoms with Crippen LogP contribution in [0, 0.1) is 0 Å². The van der Waals surface area contributed by atoms with E-state index in [1.807, 2.05) is 12.1 Å². The van der Waals surface area contributed by atoms with E-state index >= 15 is 0 Å². The van der Waals surface area contributed by atoms with Crippen LogP contribution in [0.25, 0.3) is 10.1 Å². The van der Waals surface area contributed by atoms with Crippen LogP contribution in [0.15, 0.2) is 42.5 Å². The van der Waals surface area contributed by atoms with Crippen molar-refractivity contribution in [3.8, 4) is 11.5 Å². The number of fused-ring (bicyclic) bond motifs is 1. The first-order valence-corrected chi connectivity index (χ1v) is 11.1. The van der Waals surface area contributed by atoms with E-state index < -0.39 is 29.8 Å².